The molecular weight excluding hydrogens is 430 g/mol. The van der Waals surface area contributed by atoms with Gasteiger partial charge in [0.05, 0.1) is 50.1 Å². The third-order valence-electron chi connectivity index (χ3n) is 5.88. The highest BCUT2D eigenvalue weighted by Crippen LogP contribution is 2.36. The number of benzene rings is 2. The van der Waals surface area contributed by atoms with E-state index >= 15 is 0 Å². The summed E-state index contributed by atoms with van der Waals surface area (Å²) in [6, 6.07) is 22.6. The van der Waals surface area contributed by atoms with Crippen LogP contribution in [-0.4, -0.2) is 38.8 Å². The Balaban J connectivity index is 1.75. The van der Waals surface area contributed by atoms with E-state index in [1.165, 1.54) is 0 Å². The molecule has 0 unspecified atom stereocenters. The molecule has 1 saturated heterocycles. The average molecular weight is 468 g/mol. The number of hydrogen-bond donors (Lipinski definition) is 0. The van der Waals surface area contributed by atoms with Gasteiger partial charge in [0.2, 0.25) is 0 Å². The van der Waals surface area contributed by atoms with Crippen LogP contribution in [0.5, 0.6) is 0 Å². The Hall–Kier alpha value is -2.01. The summed E-state index contributed by atoms with van der Waals surface area (Å²) in [5, 5.41) is 9.53. The van der Waals surface area contributed by atoms with E-state index in [9.17, 15) is 5.26 Å². The van der Waals surface area contributed by atoms with E-state index in [4.69, 9.17) is 18.6 Å². The van der Waals surface area contributed by atoms with Crippen LogP contribution in [0, 0.1) is 11.3 Å². The lowest BCUT2D eigenvalue weighted by molar-refractivity contribution is -0.152. The average Bonchev–Trinajstić information content (AvgIpc) is 2.90. The predicted molar refractivity (Wildman–Crippen MR) is 132 cm³/mol. The summed E-state index contributed by atoms with van der Waals surface area (Å²) in [4.78, 5) is 0. The molecule has 0 spiro atoms. The van der Waals surface area contributed by atoms with E-state index in [2.05, 4.69) is 56.9 Å². The first-order valence-electron chi connectivity index (χ1n) is 11.8. The van der Waals surface area contributed by atoms with E-state index in [0.717, 1.165) is 24.0 Å². The van der Waals surface area contributed by atoms with E-state index in [-0.39, 0.29) is 24.7 Å². The Morgan fingerprint density at radius 1 is 1.00 bits per heavy atom. The molecule has 0 bridgehead atoms. The van der Waals surface area contributed by atoms with Crippen molar-refractivity contribution >= 4 is 8.32 Å². The van der Waals surface area contributed by atoms with Crippen molar-refractivity contribution in [3.05, 3.63) is 71.8 Å². The minimum atomic E-state index is -1.86. The normalized spacial score (nSPS) is 25.8. The van der Waals surface area contributed by atoms with Gasteiger partial charge in [-0.05, 0) is 50.5 Å². The molecule has 1 heterocycles. The summed E-state index contributed by atoms with van der Waals surface area (Å²) in [6.07, 6.45) is 1.09. The first-order chi connectivity index (χ1) is 15.8. The molecule has 1 aliphatic heterocycles. The fraction of sp³-hybridized carbons (Fsp3) is 0.519. The van der Waals surface area contributed by atoms with E-state index in [1.807, 2.05) is 36.4 Å². The second kappa shape index (κ2) is 11.9. The molecule has 0 aromatic heterocycles. The highest BCUT2D eigenvalue weighted by Gasteiger charge is 2.45. The van der Waals surface area contributed by atoms with Crippen molar-refractivity contribution < 1.29 is 18.6 Å². The molecule has 6 heteroatoms. The largest absolute Gasteiger partial charge is 0.410 e. The van der Waals surface area contributed by atoms with Crippen LogP contribution in [0.15, 0.2) is 60.7 Å². The van der Waals surface area contributed by atoms with Gasteiger partial charge in [-0.15, -0.1) is 0 Å². The highest BCUT2D eigenvalue weighted by molar-refractivity contribution is 6.69. The van der Waals surface area contributed by atoms with Crippen LogP contribution < -0.4 is 0 Å². The fourth-order valence-electron chi connectivity index (χ4n) is 4.36. The van der Waals surface area contributed by atoms with Gasteiger partial charge in [-0.3, -0.25) is 0 Å². The Kier molecular flexibility index (Phi) is 9.25. The van der Waals surface area contributed by atoms with Crippen LogP contribution in [0.1, 0.15) is 37.3 Å². The third kappa shape index (κ3) is 8.06. The second-order valence-corrected chi connectivity index (χ2v) is 14.4. The molecule has 0 radical (unpaired) electrons. The van der Waals surface area contributed by atoms with Crippen LogP contribution in [-0.2, 0) is 31.9 Å². The number of nitriles is 1. The van der Waals surface area contributed by atoms with Gasteiger partial charge in [0, 0.05) is 0 Å². The number of rotatable bonds is 10. The molecule has 178 valence electrons. The second-order valence-electron chi connectivity index (χ2n) is 9.93. The smallest absolute Gasteiger partial charge is 0.184 e. The third-order valence-corrected chi connectivity index (χ3v) is 6.96. The quantitative estimate of drug-likeness (QED) is 0.410. The molecule has 2 aromatic rings. The maximum Gasteiger partial charge on any atom is 0.184 e. The molecule has 0 amide bonds. The molecule has 0 aliphatic carbocycles. The van der Waals surface area contributed by atoms with Gasteiger partial charge in [-0.25, -0.2) is 0 Å². The lowest BCUT2D eigenvalue weighted by Gasteiger charge is -2.40. The minimum Gasteiger partial charge on any atom is -0.410 e. The standard InChI is InChI=1S/C27H37NO4Si/c1-27(32-33(2,3)4)17-15-24(30-20-23-13-9-6-10-14-23)25(31-26(27)16-18-28)21-29-19-22-11-7-5-8-12-22/h5-14,24-26H,15-17,19-21H2,1-4H3/t24-,25+,26-,27+/m0/s1. The Bertz CT molecular complexity index is 880. The van der Waals surface area contributed by atoms with E-state index < -0.39 is 13.9 Å². The Morgan fingerprint density at radius 2 is 1.61 bits per heavy atom. The zero-order valence-corrected chi connectivity index (χ0v) is 21.3. The number of nitrogens with zero attached hydrogens (tertiary/aromatic N) is 1. The first-order valence-corrected chi connectivity index (χ1v) is 15.2. The summed E-state index contributed by atoms with van der Waals surface area (Å²) in [6.45, 7) is 10.0. The SMILES string of the molecule is C[C@@]1(O[Si](C)(C)C)CC[C@H](OCc2ccccc2)[C@@H](COCc2ccccc2)O[C@H]1CC#N. The van der Waals surface area contributed by atoms with Gasteiger partial charge in [0.15, 0.2) is 8.32 Å². The van der Waals surface area contributed by atoms with Crippen LogP contribution in [0.4, 0.5) is 0 Å². The van der Waals surface area contributed by atoms with Crippen molar-refractivity contribution in [2.45, 2.75) is 83.0 Å². The Morgan fingerprint density at radius 3 is 2.18 bits per heavy atom. The van der Waals surface area contributed by atoms with Crippen LogP contribution in [0.3, 0.4) is 0 Å². The fourth-order valence-corrected chi connectivity index (χ4v) is 6.00. The lowest BCUT2D eigenvalue weighted by Crippen LogP contribution is -2.50. The van der Waals surface area contributed by atoms with Crippen molar-refractivity contribution in [2.75, 3.05) is 6.61 Å². The maximum atomic E-state index is 9.53. The molecule has 4 atom stereocenters. The number of ether oxygens (including phenoxy) is 3. The zero-order valence-electron chi connectivity index (χ0n) is 20.3. The molecule has 0 N–H and O–H groups in total. The predicted octanol–water partition coefficient (Wildman–Crippen LogP) is 5.86. The van der Waals surface area contributed by atoms with Gasteiger partial charge < -0.3 is 18.6 Å². The molecule has 1 fully saturated rings. The Labute approximate surface area is 199 Å². The maximum absolute atomic E-state index is 9.53. The molecule has 2 aromatic carbocycles. The molecule has 5 nitrogen and oxygen atoms in total. The molecule has 33 heavy (non-hydrogen) atoms. The summed E-state index contributed by atoms with van der Waals surface area (Å²) in [5.41, 5.74) is 1.72. The van der Waals surface area contributed by atoms with Crippen molar-refractivity contribution in [1.29, 1.82) is 5.26 Å². The van der Waals surface area contributed by atoms with Crippen LogP contribution in [0.25, 0.3) is 0 Å². The molecular formula is C27H37NO4Si. The zero-order chi connectivity index (χ0) is 23.7. The first kappa shape index (κ1) is 25.6. The van der Waals surface area contributed by atoms with Gasteiger partial charge in [0.25, 0.3) is 0 Å². The van der Waals surface area contributed by atoms with E-state index in [0.29, 0.717) is 19.8 Å². The van der Waals surface area contributed by atoms with Crippen molar-refractivity contribution in [2.24, 2.45) is 0 Å². The highest BCUT2D eigenvalue weighted by atomic mass is 28.4. The molecule has 3 rings (SSSR count). The summed E-state index contributed by atoms with van der Waals surface area (Å²) < 4.78 is 25.6. The summed E-state index contributed by atoms with van der Waals surface area (Å²) >= 11 is 0. The van der Waals surface area contributed by atoms with Crippen molar-refractivity contribution in [3.8, 4) is 6.07 Å². The topological polar surface area (TPSA) is 60.7 Å². The van der Waals surface area contributed by atoms with Crippen molar-refractivity contribution in [3.63, 3.8) is 0 Å². The van der Waals surface area contributed by atoms with Gasteiger partial charge in [-0.1, -0.05) is 60.7 Å². The van der Waals surface area contributed by atoms with Crippen LogP contribution >= 0.6 is 0 Å². The van der Waals surface area contributed by atoms with Crippen molar-refractivity contribution in [1.82, 2.24) is 0 Å². The minimum absolute atomic E-state index is 0.144. The lowest BCUT2D eigenvalue weighted by atomic mass is 9.91. The van der Waals surface area contributed by atoms with Crippen LogP contribution in [0.2, 0.25) is 19.6 Å². The van der Waals surface area contributed by atoms with E-state index in [1.54, 1.807) is 0 Å². The summed E-state index contributed by atoms with van der Waals surface area (Å²) in [5.74, 6) is 0. The van der Waals surface area contributed by atoms with Gasteiger partial charge in [0.1, 0.15) is 6.10 Å². The molecule has 0 saturated carbocycles. The number of hydrogen-bond acceptors (Lipinski definition) is 5. The summed E-state index contributed by atoms with van der Waals surface area (Å²) in [7, 11) is -1.86. The monoisotopic (exact) mass is 467 g/mol. The van der Waals surface area contributed by atoms with Gasteiger partial charge >= 0.3 is 0 Å². The molecule has 1 aliphatic rings. The van der Waals surface area contributed by atoms with Gasteiger partial charge in [-0.2, -0.15) is 5.26 Å².